The number of hydrogen-bond acceptors (Lipinski definition) is 3. The van der Waals surface area contributed by atoms with Gasteiger partial charge < -0.3 is 0 Å². The number of para-hydroxylation sites is 1. The summed E-state index contributed by atoms with van der Waals surface area (Å²) in [4.78, 5) is 10.7. The lowest BCUT2D eigenvalue weighted by atomic mass is 10.1. The minimum atomic E-state index is -0.394. The first-order valence-corrected chi connectivity index (χ1v) is 6.57. The molecule has 0 N–H and O–H groups in total. The van der Waals surface area contributed by atoms with Crippen molar-refractivity contribution < 1.29 is 4.92 Å². The van der Waals surface area contributed by atoms with E-state index in [2.05, 4.69) is 5.10 Å². The van der Waals surface area contributed by atoms with Gasteiger partial charge in [0.2, 0.25) is 0 Å². The highest BCUT2D eigenvalue weighted by molar-refractivity contribution is 6.30. The molecule has 0 saturated heterocycles. The number of nitro groups is 1. The molecule has 0 aliphatic heterocycles. The number of hydrogen-bond donors (Lipinski definition) is 0. The lowest BCUT2D eigenvalue weighted by Gasteiger charge is -2.01. The van der Waals surface area contributed by atoms with E-state index < -0.39 is 4.92 Å². The molecule has 2 aromatic carbocycles. The van der Waals surface area contributed by atoms with Crippen molar-refractivity contribution in [2.75, 3.05) is 0 Å². The molecule has 0 amide bonds. The van der Waals surface area contributed by atoms with Gasteiger partial charge in [0.15, 0.2) is 0 Å². The van der Waals surface area contributed by atoms with Gasteiger partial charge >= 0.3 is 0 Å². The third-order valence-corrected chi connectivity index (χ3v) is 3.34. The van der Waals surface area contributed by atoms with Gasteiger partial charge in [-0.25, -0.2) is 4.68 Å². The Morgan fingerprint density at radius 2 is 1.81 bits per heavy atom. The van der Waals surface area contributed by atoms with Gasteiger partial charge in [0.1, 0.15) is 0 Å². The summed E-state index contributed by atoms with van der Waals surface area (Å²) < 4.78 is 1.66. The Morgan fingerprint density at radius 3 is 2.52 bits per heavy atom. The van der Waals surface area contributed by atoms with Gasteiger partial charge in [-0.3, -0.25) is 10.1 Å². The molecule has 0 aliphatic rings. The van der Waals surface area contributed by atoms with Crippen molar-refractivity contribution in [2.24, 2.45) is 0 Å². The highest BCUT2D eigenvalue weighted by Gasteiger charge is 2.15. The third-order valence-electron chi connectivity index (χ3n) is 3.09. The standard InChI is InChI=1S/C15H10ClN3O2/c16-12-5-7-13(8-6-12)18-10-11(9-17-18)14-3-1-2-4-15(14)19(20)21/h1-10H. The summed E-state index contributed by atoms with van der Waals surface area (Å²) >= 11 is 5.85. The highest BCUT2D eigenvalue weighted by Crippen LogP contribution is 2.29. The van der Waals surface area contributed by atoms with Crippen molar-refractivity contribution in [3.63, 3.8) is 0 Å². The van der Waals surface area contributed by atoms with E-state index in [0.29, 0.717) is 16.1 Å². The minimum absolute atomic E-state index is 0.0631. The van der Waals surface area contributed by atoms with Crippen LogP contribution < -0.4 is 0 Å². The normalized spacial score (nSPS) is 10.5. The Bertz CT molecular complexity index is 797. The summed E-state index contributed by atoms with van der Waals surface area (Å²) in [6.07, 6.45) is 3.36. The number of benzene rings is 2. The average molecular weight is 300 g/mol. The Kier molecular flexibility index (Phi) is 3.41. The van der Waals surface area contributed by atoms with Crippen molar-refractivity contribution in [1.82, 2.24) is 9.78 Å². The van der Waals surface area contributed by atoms with Crippen LogP contribution in [0.15, 0.2) is 60.9 Å². The van der Waals surface area contributed by atoms with Crippen LogP contribution in [0.3, 0.4) is 0 Å². The second kappa shape index (κ2) is 5.38. The molecule has 0 fully saturated rings. The largest absolute Gasteiger partial charge is 0.277 e. The van der Waals surface area contributed by atoms with Gasteiger partial charge in [0.05, 0.1) is 22.4 Å². The molecule has 3 rings (SSSR count). The first kappa shape index (κ1) is 13.3. The van der Waals surface area contributed by atoms with Crippen molar-refractivity contribution in [2.45, 2.75) is 0 Å². The monoisotopic (exact) mass is 299 g/mol. The number of nitro benzene ring substituents is 1. The van der Waals surface area contributed by atoms with Crippen molar-refractivity contribution >= 4 is 17.3 Å². The predicted octanol–water partition coefficient (Wildman–Crippen LogP) is 4.10. The Morgan fingerprint density at radius 1 is 1.10 bits per heavy atom. The predicted molar refractivity (Wildman–Crippen MR) is 80.7 cm³/mol. The smallest absolute Gasteiger partial charge is 0.258 e. The molecule has 1 aromatic heterocycles. The van der Waals surface area contributed by atoms with E-state index in [-0.39, 0.29) is 5.69 Å². The molecule has 6 heteroatoms. The first-order chi connectivity index (χ1) is 10.1. The van der Waals surface area contributed by atoms with Crippen LogP contribution in [-0.4, -0.2) is 14.7 Å². The van der Waals surface area contributed by atoms with Crippen LogP contribution in [0.4, 0.5) is 5.69 Å². The molecule has 0 bridgehead atoms. The quantitative estimate of drug-likeness (QED) is 0.540. The summed E-state index contributed by atoms with van der Waals surface area (Å²) in [5.41, 5.74) is 2.14. The molecular formula is C15H10ClN3O2. The van der Waals surface area contributed by atoms with Crippen LogP contribution in [0.2, 0.25) is 5.02 Å². The Labute approximate surface area is 125 Å². The molecule has 0 atom stereocenters. The molecule has 0 saturated carbocycles. The molecule has 0 radical (unpaired) electrons. The zero-order chi connectivity index (χ0) is 14.8. The van der Waals surface area contributed by atoms with Crippen LogP contribution in [-0.2, 0) is 0 Å². The maximum atomic E-state index is 11.1. The van der Waals surface area contributed by atoms with Crippen LogP contribution in [0, 0.1) is 10.1 Å². The Hall–Kier alpha value is -2.66. The molecule has 1 heterocycles. The summed E-state index contributed by atoms with van der Waals surface area (Å²) in [5, 5.41) is 16.0. The fourth-order valence-electron chi connectivity index (χ4n) is 2.07. The molecule has 0 aliphatic carbocycles. The van der Waals surface area contributed by atoms with E-state index >= 15 is 0 Å². The van der Waals surface area contributed by atoms with Gasteiger partial charge in [-0.15, -0.1) is 0 Å². The van der Waals surface area contributed by atoms with E-state index in [9.17, 15) is 10.1 Å². The van der Waals surface area contributed by atoms with Crippen molar-refractivity contribution in [3.05, 3.63) is 76.1 Å². The Balaban J connectivity index is 2.03. The van der Waals surface area contributed by atoms with Crippen LogP contribution in [0.1, 0.15) is 0 Å². The third kappa shape index (κ3) is 2.64. The van der Waals surface area contributed by atoms with E-state index in [0.717, 1.165) is 5.69 Å². The van der Waals surface area contributed by atoms with E-state index in [1.54, 1.807) is 47.4 Å². The fraction of sp³-hybridized carbons (Fsp3) is 0. The fourth-order valence-corrected chi connectivity index (χ4v) is 2.20. The number of nitrogens with zero attached hydrogens (tertiary/aromatic N) is 3. The van der Waals surface area contributed by atoms with Gasteiger partial charge in [-0.2, -0.15) is 5.10 Å². The maximum absolute atomic E-state index is 11.1. The number of aromatic nitrogens is 2. The van der Waals surface area contributed by atoms with E-state index in [1.165, 1.54) is 6.07 Å². The van der Waals surface area contributed by atoms with Crippen LogP contribution >= 0.6 is 11.6 Å². The lowest BCUT2D eigenvalue weighted by molar-refractivity contribution is -0.384. The second-order valence-corrected chi connectivity index (χ2v) is 4.86. The SMILES string of the molecule is O=[N+]([O-])c1ccccc1-c1cnn(-c2ccc(Cl)cc2)c1. The second-order valence-electron chi connectivity index (χ2n) is 4.42. The zero-order valence-corrected chi connectivity index (χ0v) is 11.6. The first-order valence-electron chi connectivity index (χ1n) is 6.19. The topological polar surface area (TPSA) is 61.0 Å². The van der Waals surface area contributed by atoms with Gasteiger partial charge in [-0.05, 0) is 30.3 Å². The summed E-state index contributed by atoms with van der Waals surface area (Å²) in [6.45, 7) is 0. The zero-order valence-electron chi connectivity index (χ0n) is 10.8. The van der Waals surface area contributed by atoms with E-state index in [1.807, 2.05) is 12.1 Å². The number of halogens is 1. The van der Waals surface area contributed by atoms with E-state index in [4.69, 9.17) is 11.6 Å². The summed E-state index contributed by atoms with van der Waals surface area (Å²) in [7, 11) is 0. The highest BCUT2D eigenvalue weighted by atomic mass is 35.5. The average Bonchev–Trinajstić information content (AvgIpc) is 2.97. The van der Waals surface area contributed by atoms with Gasteiger partial charge in [-0.1, -0.05) is 23.7 Å². The van der Waals surface area contributed by atoms with Crippen molar-refractivity contribution in [1.29, 1.82) is 0 Å². The maximum Gasteiger partial charge on any atom is 0.277 e. The van der Waals surface area contributed by atoms with Crippen LogP contribution in [0.25, 0.3) is 16.8 Å². The molecule has 21 heavy (non-hydrogen) atoms. The summed E-state index contributed by atoms with van der Waals surface area (Å²) in [5.74, 6) is 0. The number of rotatable bonds is 3. The molecule has 104 valence electrons. The minimum Gasteiger partial charge on any atom is -0.258 e. The lowest BCUT2D eigenvalue weighted by Crippen LogP contribution is -1.93. The van der Waals surface area contributed by atoms with Gasteiger partial charge in [0.25, 0.3) is 5.69 Å². The van der Waals surface area contributed by atoms with Crippen LogP contribution in [0.5, 0.6) is 0 Å². The summed E-state index contributed by atoms with van der Waals surface area (Å²) in [6, 6.07) is 13.8. The molecular weight excluding hydrogens is 290 g/mol. The molecule has 3 aromatic rings. The molecule has 0 unspecified atom stereocenters. The van der Waals surface area contributed by atoms with Crippen molar-refractivity contribution in [3.8, 4) is 16.8 Å². The molecule has 0 spiro atoms. The molecule has 5 nitrogen and oxygen atoms in total. The van der Waals surface area contributed by atoms with Gasteiger partial charge in [0, 0.05) is 22.8 Å².